The van der Waals surface area contributed by atoms with Crippen LogP contribution in [0.2, 0.25) is 10.0 Å². The molecule has 0 atom stereocenters. The number of hydrogen-bond donors (Lipinski definition) is 2. The van der Waals surface area contributed by atoms with E-state index in [0.717, 1.165) is 5.56 Å². The van der Waals surface area contributed by atoms with E-state index in [2.05, 4.69) is 10.6 Å². The third kappa shape index (κ3) is 4.41. The van der Waals surface area contributed by atoms with Crippen LogP contribution in [0.5, 0.6) is 0 Å². The maximum absolute atomic E-state index is 12.1. The van der Waals surface area contributed by atoms with Crippen LogP contribution in [0, 0.1) is 0 Å². The number of halogens is 2. The number of urea groups is 1. The van der Waals surface area contributed by atoms with E-state index in [4.69, 9.17) is 23.2 Å². The molecule has 6 nitrogen and oxygen atoms in total. The Kier molecular flexibility index (Phi) is 5.60. The molecule has 9 heteroatoms. The third-order valence-corrected chi connectivity index (χ3v) is 6.37. The van der Waals surface area contributed by atoms with E-state index in [9.17, 15) is 13.2 Å². The molecule has 0 radical (unpaired) electrons. The van der Waals surface area contributed by atoms with Crippen LogP contribution >= 0.6 is 23.2 Å². The normalized spacial score (nSPS) is 15.7. The van der Waals surface area contributed by atoms with E-state index in [1.54, 1.807) is 30.3 Å². The molecular weight excluding hydrogens is 397 g/mol. The summed E-state index contributed by atoms with van der Waals surface area (Å²) >= 11 is 12.0. The molecule has 0 bridgehead atoms. The summed E-state index contributed by atoms with van der Waals surface area (Å²) in [6.07, 6.45) is 0.553. The highest BCUT2D eigenvalue weighted by molar-refractivity contribution is 7.93. The summed E-state index contributed by atoms with van der Waals surface area (Å²) in [5, 5.41) is 6.36. The van der Waals surface area contributed by atoms with Crippen molar-refractivity contribution < 1.29 is 13.2 Å². The maximum atomic E-state index is 12.1. The first-order chi connectivity index (χ1) is 12.3. The number of rotatable bonds is 4. The Morgan fingerprint density at radius 2 is 1.85 bits per heavy atom. The predicted octanol–water partition coefficient (Wildman–Crippen LogP) is 3.86. The molecule has 2 N–H and O–H groups in total. The van der Waals surface area contributed by atoms with Crippen molar-refractivity contribution in [2.75, 3.05) is 21.9 Å². The minimum absolute atomic E-state index is 0.0998. The Morgan fingerprint density at radius 3 is 2.50 bits per heavy atom. The molecule has 0 aromatic heterocycles. The van der Waals surface area contributed by atoms with Crippen LogP contribution in [0.25, 0.3) is 0 Å². The molecule has 2 amide bonds. The van der Waals surface area contributed by atoms with Crippen LogP contribution < -0.4 is 14.9 Å². The minimum Gasteiger partial charge on any atom is -0.334 e. The lowest BCUT2D eigenvalue weighted by Crippen LogP contribution is -2.28. The molecule has 1 fully saturated rings. The van der Waals surface area contributed by atoms with Gasteiger partial charge in [-0.25, -0.2) is 13.2 Å². The quantitative estimate of drug-likeness (QED) is 0.798. The van der Waals surface area contributed by atoms with Gasteiger partial charge in [0.15, 0.2) is 0 Å². The van der Waals surface area contributed by atoms with Gasteiger partial charge in [-0.05, 0) is 42.3 Å². The first kappa shape index (κ1) is 18.8. The van der Waals surface area contributed by atoms with Crippen LogP contribution in [0.1, 0.15) is 12.0 Å². The summed E-state index contributed by atoms with van der Waals surface area (Å²) in [7, 11) is -3.35. The molecule has 1 heterocycles. The summed E-state index contributed by atoms with van der Waals surface area (Å²) in [4.78, 5) is 12.1. The lowest BCUT2D eigenvalue weighted by molar-refractivity contribution is 0.251. The van der Waals surface area contributed by atoms with Gasteiger partial charge in [-0.3, -0.25) is 4.31 Å². The van der Waals surface area contributed by atoms with Crippen molar-refractivity contribution >= 4 is 50.6 Å². The monoisotopic (exact) mass is 413 g/mol. The zero-order valence-electron chi connectivity index (χ0n) is 13.7. The smallest absolute Gasteiger partial charge is 0.319 e. The van der Waals surface area contributed by atoms with E-state index in [1.165, 1.54) is 4.31 Å². The lowest BCUT2D eigenvalue weighted by atomic mass is 10.2. The van der Waals surface area contributed by atoms with Crippen molar-refractivity contribution in [1.29, 1.82) is 0 Å². The number of carbonyl (C=O) groups is 1. The summed E-state index contributed by atoms with van der Waals surface area (Å²) in [5.41, 5.74) is 1.74. The van der Waals surface area contributed by atoms with Gasteiger partial charge in [0.25, 0.3) is 0 Å². The lowest BCUT2D eigenvalue weighted by Gasteiger charge is -2.19. The van der Waals surface area contributed by atoms with Crippen LogP contribution in [0.3, 0.4) is 0 Å². The Bertz CT molecular complexity index is 917. The molecule has 138 valence electrons. The molecule has 0 spiro atoms. The average molecular weight is 414 g/mol. The van der Waals surface area contributed by atoms with Crippen molar-refractivity contribution in [2.24, 2.45) is 0 Å². The largest absolute Gasteiger partial charge is 0.334 e. The minimum atomic E-state index is -3.35. The second-order valence-corrected chi connectivity index (χ2v) is 8.70. The van der Waals surface area contributed by atoms with Gasteiger partial charge in [0.1, 0.15) is 0 Å². The van der Waals surface area contributed by atoms with Gasteiger partial charge in [0.2, 0.25) is 10.0 Å². The summed E-state index contributed by atoms with van der Waals surface area (Å²) < 4.78 is 25.5. The van der Waals surface area contributed by atoms with Crippen LogP contribution in [0.15, 0.2) is 42.5 Å². The average Bonchev–Trinajstić information content (AvgIpc) is 2.95. The molecule has 0 aliphatic carbocycles. The fraction of sp³-hybridized carbons (Fsp3) is 0.235. The van der Waals surface area contributed by atoms with Gasteiger partial charge in [-0.2, -0.15) is 0 Å². The van der Waals surface area contributed by atoms with Gasteiger partial charge in [0, 0.05) is 23.8 Å². The van der Waals surface area contributed by atoms with Crippen LogP contribution in [-0.2, 0) is 16.6 Å². The van der Waals surface area contributed by atoms with Gasteiger partial charge in [-0.15, -0.1) is 0 Å². The van der Waals surface area contributed by atoms with E-state index in [1.807, 2.05) is 12.1 Å². The fourth-order valence-electron chi connectivity index (χ4n) is 2.65. The summed E-state index contributed by atoms with van der Waals surface area (Å²) in [5.74, 6) is 0.0998. The SMILES string of the molecule is O=C(NCc1ccc(Cl)cc1)Nc1ccc(Cl)c(N2CCCS2(=O)=O)c1. The molecule has 0 saturated carbocycles. The first-order valence-electron chi connectivity index (χ1n) is 7.94. The topological polar surface area (TPSA) is 78.5 Å². The Labute approximate surface area is 162 Å². The van der Waals surface area contributed by atoms with Crippen molar-refractivity contribution in [2.45, 2.75) is 13.0 Å². The number of hydrogen-bond acceptors (Lipinski definition) is 3. The highest BCUT2D eigenvalue weighted by atomic mass is 35.5. The Hall–Kier alpha value is -1.96. The number of sulfonamides is 1. The van der Waals surface area contributed by atoms with Crippen molar-refractivity contribution in [3.63, 3.8) is 0 Å². The molecule has 2 aromatic carbocycles. The molecule has 1 aliphatic heterocycles. The third-order valence-electron chi connectivity index (χ3n) is 3.94. The van der Waals surface area contributed by atoms with Gasteiger partial charge in [0.05, 0.1) is 16.5 Å². The van der Waals surface area contributed by atoms with E-state index in [0.29, 0.717) is 40.9 Å². The van der Waals surface area contributed by atoms with Crippen LogP contribution in [-0.4, -0.2) is 26.7 Å². The number of carbonyl (C=O) groups excluding carboxylic acids is 1. The second-order valence-electron chi connectivity index (χ2n) is 5.84. The maximum Gasteiger partial charge on any atom is 0.319 e. The zero-order chi connectivity index (χ0) is 18.7. The second kappa shape index (κ2) is 7.73. The summed E-state index contributed by atoms with van der Waals surface area (Å²) in [6.45, 7) is 0.720. The number of amides is 2. The number of anilines is 2. The number of nitrogens with one attached hydrogen (secondary N) is 2. The van der Waals surface area contributed by atoms with Crippen molar-refractivity contribution in [3.8, 4) is 0 Å². The van der Waals surface area contributed by atoms with Crippen molar-refractivity contribution in [3.05, 3.63) is 58.1 Å². The molecule has 1 aliphatic rings. The van der Waals surface area contributed by atoms with Gasteiger partial charge < -0.3 is 10.6 Å². The van der Waals surface area contributed by atoms with Gasteiger partial charge >= 0.3 is 6.03 Å². The predicted molar refractivity (Wildman–Crippen MR) is 105 cm³/mol. The number of benzene rings is 2. The molecule has 2 aromatic rings. The molecular formula is C17H17Cl2N3O3S. The Balaban J connectivity index is 1.67. The standard InChI is InChI=1S/C17H17Cl2N3O3S/c18-13-4-2-12(3-5-13)11-20-17(23)21-14-6-7-15(19)16(10-14)22-8-1-9-26(22,24)25/h2-7,10H,1,8-9,11H2,(H2,20,21,23). The summed E-state index contributed by atoms with van der Waals surface area (Å²) in [6, 6.07) is 11.5. The molecule has 0 unspecified atom stereocenters. The highest BCUT2D eigenvalue weighted by Crippen LogP contribution is 2.33. The first-order valence-corrected chi connectivity index (χ1v) is 10.3. The molecule has 1 saturated heterocycles. The highest BCUT2D eigenvalue weighted by Gasteiger charge is 2.30. The fourth-order valence-corrected chi connectivity index (χ4v) is 4.62. The molecule has 3 rings (SSSR count). The molecule has 26 heavy (non-hydrogen) atoms. The number of nitrogens with zero attached hydrogens (tertiary/aromatic N) is 1. The zero-order valence-corrected chi connectivity index (χ0v) is 16.0. The Morgan fingerprint density at radius 1 is 1.12 bits per heavy atom. The van der Waals surface area contributed by atoms with Crippen molar-refractivity contribution in [1.82, 2.24) is 5.32 Å². The van der Waals surface area contributed by atoms with Gasteiger partial charge in [-0.1, -0.05) is 35.3 Å². The van der Waals surface area contributed by atoms with Crippen LogP contribution in [0.4, 0.5) is 16.2 Å². The van der Waals surface area contributed by atoms with E-state index < -0.39 is 16.1 Å². The van der Waals surface area contributed by atoms with E-state index in [-0.39, 0.29) is 5.75 Å². The van der Waals surface area contributed by atoms with E-state index >= 15 is 0 Å².